The first-order chi connectivity index (χ1) is 13.6. The maximum absolute atomic E-state index is 12.6. The Hall–Kier alpha value is -2.77. The molecule has 0 aliphatic heterocycles. The summed E-state index contributed by atoms with van der Waals surface area (Å²) in [5, 5.41) is 1.98. The van der Waals surface area contributed by atoms with Crippen molar-refractivity contribution in [3.05, 3.63) is 72.1 Å². The molecular weight excluding hydrogens is 392 g/mol. The van der Waals surface area contributed by atoms with E-state index in [2.05, 4.69) is 11.6 Å². The topological polar surface area (TPSA) is 74.4 Å². The maximum atomic E-state index is 12.6. The number of thiophene rings is 1. The predicted molar refractivity (Wildman–Crippen MR) is 115 cm³/mol. The molecule has 1 atom stereocenters. The summed E-state index contributed by atoms with van der Waals surface area (Å²) in [4.78, 5) is 19.0. The number of nitrogen functional groups attached to an aromatic ring is 1. The molecule has 0 radical (unpaired) electrons. The number of nitrogens with zero attached hydrogens (tertiary/aromatic N) is 1. The lowest BCUT2D eigenvalue weighted by Crippen LogP contribution is -2.22. The molecule has 0 amide bonds. The van der Waals surface area contributed by atoms with E-state index < -0.39 is 12.1 Å². The average Bonchev–Trinajstić information content (AvgIpc) is 3.26. The van der Waals surface area contributed by atoms with Crippen LogP contribution in [0.5, 0.6) is 5.88 Å². The van der Waals surface area contributed by atoms with Crippen molar-refractivity contribution in [1.82, 2.24) is 4.98 Å². The van der Waals surface area contributed by atoms with E-state index in [1.807, 2.05) is 48.0 Å². The van der Waals surface area contributed by atoms with Crippen molar-refractivity contribution in [1.29, 1.82) is 0 Å². The summed E-state index contributed by atoms with van der Waals surface area (Å²) in [7, 11) is 0. The predicted octanol–water partition coefficient (Wildman–Crippen LogP) is 4.96. The molecule has 0 aliphatic carbocycles. The largest absolute Gasteiger partial charge is 0.458 e. The van der Waals surface area contributed by atoms with E-state index in [4.69, 9.17) is 15.2 Å². The lowest BCUT2D eigenvalue weighted by Gasteiger charge is -2.19. The number of pyridine rings is 1. The van der Waals surface area contributed by atoms with Gasteiger partial charge in [0.05, 0.1) is 10.6 Å². The van der Waals surface area contributed by atoms with Crippen LogP contribution in [0.1, 0.15) is 11.7 Å². The Labute approximate surface area is 172 Å². The SMILES string of the molecule is C=CCOC(=O)C(Oc1nc(-c2cccs2)cc(SC)c1N)c1ccccc1. The zero-order valence-corrected chi connectivity index (χ0v) is 17.0. The van der Waals surface area contributed by atoms with E-state index in [-0.39, 0.29) is 12.5 Å². The fourth-order valence-electron chi connectivity index (χ4n) is 2.53. The number of esters is 1. The fourth-order valence-corrected chi connectivity index (χ4v) is 3.75. The number of benzene rings is 1. The first-order valence-corrected chi connectivity index (χ1v) is 10.6. The van der Waals surface area contributed by atoms with Gasteiger partial charge in [-0.05, 0) is 23.8 Å². The lowest BCUT2D eigenvalue weighted by molar-refractivity contribution is -0.151. The molecule has 3 aromatic rings. The first kappa shape index (κ1) is 20.0. The van der Waals surface area contributed by atoms with E-state index in [0.29, 0.717) is 11.3 Å². The second-order valence-corrected chi connectivity index (χ2v) is 7.53. The summed E-state index contributed by atoms with van der Waals surface area (Å²) in [6, 6.07) is 15.0. The molecule has 2 heterocycles. The van der Waals surface area contributed by atoms with E-state index in [1.165, 1.54) is 17.8 Å². The Morgan fingerprint density at radius 1 is 1.32 bits per heavy atom. The zero-order valence-electron chi connectivity index (χ0n) is 15.3. The molecule has 1 aromatic carbocycles. The van der Waals surface area contributed by atoms with Crippen molar-refractivity contribution < 1.29 is 14.3 Å². The van der Waals surface area contributed by atoms with Gasteiger partial charge in [0.25, 0.3) is 0 Å². The number of anilines is 1. The number of rotatable bonds is 8. The Morgan fingerprint density at radius 3 is 2.75 bits per heavy atom. The van der Waals surface area contributed by atoms with Crippen LogP contribution in [0.4, 0.5) is 5.69 Å². The van der Waals surface area contributed by atoms with Gasteiger partial charge in [0.2, 0.25) is 12.0 Å². The molecule has 0 fully saturated rings. The van der Waals surface area contributed by atoms with Crippen LogP contribution < -0.4 is 10.5 Å². The van der Waals surface area contributed by atoms with Gasteiger partial charge >= 0.3 is 5.97 Å². The minimum absolute atomic E-state index is 0.0970. The minimum Gasteiger partial charge on any atom is -0.458 e. The smallest absolute Gasteiger partial charge is 0.352 e. The molecule has 0 saturated heterocycles. The Kier molecular flexibility index (Phi) is 6.73. The van der Waals surface area contributed by atoms with Gasteiger partial charge < -0.3 is 15.2 Å². The van der Waals surface area contributed by atoms with Crippen molar-refractivity contribution in [2.24, 2.45) is 0 Å². The molecule has 0 aliphatic rings. The van der Waals surface area contributed by atoms with Gasteiger partial charge in [0.1, 0.15) is 12.3 Å². The monoisotopic (exact) mass is 412 g/mol. The van der Waals surface area contributed by atoms with Crippen LogP contribution >= 0.6 is 23.1 Å². The zero-order chi connectivity index (χ0) is 19.9. The number of nitrogens with two attached hydrogens (primary N) is 1. The fraction of sp³-hybridized carbons (Fsp3) is 0.143. The Morgan fingerprint density at radius 2 is 2.11 bits per heavy atom. The normalized spacial score (nSPS) is 11.6. The number of carbonyl (C=O) groups excluding carboxylic acids is 1. The number of hydrogen-bond acceptors (Lipinski definition) is 7. The first-order valence-electron chi connectivity index (χ1n) is 8.51. The van der Waals surface area contributed by atoms with Crippen molar-refractivity contribution in [2.75, 3.05) is 18.6 Å². The molecule has 1 unspecified atom stereocenters. The Bertz CT molecular complexity index is 944. The van der Waals surface area contributed by atoms with Gasteiger partial charge in [-0.2, -0.15) is 0 Å². The molecule has 0 spiro atoms. The van der Waals surface area contributed by atoms with Crippen LogP contribution in [-0.4, -0.2) is 23.8 Å². The van der Waals surface area contributed by atoms with Gasteiger partial charge in [-0.25, -0.2) is 9.78 Å². The second-order valence-electron chi connectivity index (χ2n) is 5.73. The summed E-state index contributed by atoms with van der Waals surface area (Å²) in [6.07, 6.45) is 2.46. The third-order valence-corrected chi connectivity index (χ3v) is 5.54. The number of carbonyl (C=O) groups is 1. The van der Waals surface area contributed by atoms with Crippen molar-refractivity contribution in [2.45, 2.75) is 11.0 Å². The highest BCUT2D eigenvalue weighted by atomic mass is 32.2. The highest BCUT2D eigenvalue weighted by molar-refractivity contribution is 7.98. The molecule has 2 N–H and O–H groups in total. The highest BCUT2D eigenvalue weighted by Gasteiger charge is 2.26. The van der Waals surface area contributed by atoms with Gasteiger partial charge in [0.15, 0.2) is 0 Å². The quantitative estimate of drug-likeness (QED) is 0.320. The molecule has 0 saturated carbocycles. The van der Waals surface area contributed by atoms with Crippen LogP contribution in [0.15, 0.2) is 71.5 Å². The van der Waals surface area contributed by atoms with Crippen LogP contribution in [-0.2, 0) is 9.53 Å². The third kappa shape index (κ3) is 4.55. The van der Waals surface area contributed by atoms with E-state index in [9.17, 15) is 4.79 Å². The van der Waals surface area contributed by atoms with Crippen LogP contribution in [0, 0.1) is 0 Å². The lowest BCUT2D eigenvalue weighted by atomic mass is 10.1. The van der Waals surface area contributed by atoms with E-state index >= 15 is 0 Å². The summed E-state index contributed by atoms with van der Waals surface area (Å²) in [6.45, 7) is 3.67. The third-order valence-electron chi connectivity index (χ3n) is 3.87. The van der Waals surface area contributed by atoms with Gasteiger partial charge in [-0.15, -0.1) is 23.1 Å². The second kappa shape index (κ2) is 9.43. The highest BCUT2D eigenvalue weighted by Crippen LogP contribution is 2.37. The van der Waals surface area contributed by atoms with Gasteiger partial charge in [-0.3, -0.25) is 0 Å². The molecular formula is C21H20N2O3S2. The molecule has 28 heavy (non-hydrogen) atoms. The molecule has 3 rings (SSSR count). The number of thioether (sulfide) groups is 1. The molecule has 7 heteroatoms. The summed E-state index contributed by atoms with van der Waals surface area (Å²) in [5.74, 6) is -0.320. The number of hydrogen-bond donors (Lipinski definition) is 1. The standard InChI is InChI=1S/C21H20N2O3S2/c1-3-11-25-21(24)19(14-8-5-4-6-9-14)26-20-18(22)17(27-2)13-15(23-20)16-10-7-12-28-16/h3-10,12-13,19H,1,11,22H2,2H3. The number of aromatic nitrogens is 1. The van der Waals surface area contributed by atoms with Crippen LogP contribution in [0.3, 0.4) is 0 Å². The van der Waals surface area contributed by atoms with E-state index in [0.717, 1.165) is 15.5 Å². The van der Waals surface area contributed by atoms with Crippen molar-refractivity contribution in [3.8, 4) is 16.5 Å². The van der Waals surface area contributed by atoms with Gasteiger partial charge in [0, 0.05) is 10.5 Å². The van der Waals surface area contributed by atoms with Crippen molar-refractivity contribution >= 4 is 34.8 Å². The maximum Gasteiger partial charge on any atom is 0.352 e. The summed E-state index contributed by atoms with van der Waals surface area (Å²) >= 11 is 3.07. The van der Waals surface area contributed by atoms with Crippen LogP contribution in [0.25, 0.3) is 10.6 Å². The molecule has 2 aromatic heterocycles. The average molecular weight is 413 g/mol. The van der Waals surface area contributed by atoms with Gasteiger partial charge in [-0.1, -0.05) is 49.1 Å². The van der Waals surface area contributed by atoms with Crippen LogP contribution in [0.2, 0.25) is 0 Å². The molecule has 0 bridgehead atoms. The van der Waals surface area contributed by atoms with E-state index in [1.54, 1.807) is 23.5 Å². The molecule has 144 valence electrons. The number of ether oxygens (including phenoxy) is 2. The van der Waals surface area contributed by atoms with Crippen molar-refractivity contribution in [3.63, 3.8) is 0 Å². The summed E-state index contributed by atoms with van der Waals surface area (Å²) < 4.78 is 11.2. The summed E-state index contributed by atoms with van der Waals surface area (Å²) in [5.41, 5.74) is 8.07. The minimum atomic E-state index is -0.982. The molecule has 5 nitrogen and oxygen atoms in total. The Balaban J connectivity index is 2.01.